The van der Waals surface area contributed by atoms with Gasteiger partial charge in [-0.05, 0) is 0 Å². The molecule has 0 heterocycles. The van der Waals surface area contributed by atoms with Gasteiger partial charge >= 0.3 is 12.2 Å². The van der Waals surface area contributed by atoms with E-state index in [1.54, 1.807) is 60.7 Å². The Morgan fingerprint density at radius 1 is 0.714 bits per heavy atom. The van der Waals surface area contributed by atoms with Crippen LogP contribution in [0.25, 0.3) is 0 Å². The van der Waals surface area contributed by atoms with Crippen LogP contribution in [0.3, 0.4) is 0 Å². The lowest BCUT2D eigenvalue weighted by molar-refractivity contribution is 0.162. The molecule has 0 atom stereocenters. The van der Waals surface area contributed by atoms with Crippen molar-refractivity contribution in [3.8, 4) is 0 Å². The average Bonchev–Trinajstić information content (AvgIpc) is 2.47. The summed E-state index contributed by atoms with van der Waals surface area (Å²) in [6.07, 6.45) is -2.67. The van der Waals surface area contributed by atoms with Crippen LogP contribution in [0, 0.1) is 0 Å². The van der Waals surface area contributed by atoms with Crippen molar-refractivity contribution in [1.29, 1.82) is 0 Å². The molecule has 2 rings (SSSR count). The molecule has 0 aromatic heterocycles. The molecule has 0 saturated carbocycles. The zero-order chi connectivity index (χ0) is 15.3. The van der Waals surface area contributed by atoms with Crippen molar-refractivity contribution in [1.82, 2.24) is 10.6 Å². The number of nitrogens with one attached hydrogen (secondary N) is 2. The van der Waals surface area contributed by atoms with Gasteiger partial charge in [-0.25, -0.2) is 9.59 Å². The highest BCUT2D eigenvalue weighted by Gasteiger charge is 2.37. The molecule has 0 aliphatic carbocycles. The molecule has 2 aromatic carbocycles. The standard InChI is InChI=1S/C15H14N2O4/c18-13(19)16-15(17-14(20)21,11-7-3-1-4-8-11)12-9-5-2-6-10-12/h1-10,16-17H,(H,18,19)(H,20,21). The van der Waals surface area contributed by atoms with E-state index >= 15 is 0 Å². The van der Waals surface area contributed by atoms with E-state index in [-0.39, 0.29) is 0 Å². The fourth-order valence-electron chi connectivity index (χ4n) is 2.18. The minimum Gasteiger partial charge on any atom is -0.465 e. The Morgan fingerprint density at radius 3 is 1.33 bits per heavy atom. The Bertz CT molecular complexity index is 571. The van der Waals surface area contributed by atoms with Crippen molar-refractivity contribution >= 4 is 12.2 Å². The number of benzene rings is 2. The van der Waals surface area contributed by atoms with E-state index in [9.17, 15) is 9.59 Å². The van der Waals surface area contributed by atoms with E-state index in [1.165, 1.54) is 0 Å². The third kappa shape index (κ3) is 3.11. The van der Waals surface area contributed by atoms with E-state index in [1.807, 2.05) is 0 Å². The van der Waals surface area contributed by atoms with Gasteiger partial charge in [-0.2, -0.15) is 0 Å². The molecule has 0 radical (unpaired) electrons. The molecule has 0 saturated heterocycles. The predicted octanol–water partition coefficient (Wildman–Crippen LogP) is 2.42. The normalized spacial score (nSPS) is 10.7. The van der Waals surface area contributed by atoms with Gasteiger partial charge < -0.3 is 10.2 Å². The lowest BCUT2D eigenvalue weighted by Crippen LogP contribution is -2.58. The Labute approximate surface area is 121 Å². The van der Waals surface area contributed by atoms with E-state index in [0.29, 0.717) is 11.1 Å². The van der Waals surface area contributed by atoms with Crippen LogP contribution in [-0.2, 0) is 5.66 Å². The third-order valence-corrected chi connectivity index (χ3v) is 3.00. The average molecular weight is 286 g/mol. The lowest BCUT2D eigenvalue weighted by atomic mass is 9.91. The Kier molecular flexibility index (Phi) is 4.08. The van der Waals surface area contributed by atoms with Crippen LogP contribution in [-0.4, -0.2) is 22.4 Å². The third-order valence-electron chi connectivity index (χ3n) is 3.00. The molecular weight excluding hydrogens is 272 g/mol. The molecule has 2 aromatic rings. The minimum atomic E-state index is -1.57. The van der Waals surface area contributed by atoms with Crippen molar-refractivity contribution < 1.29 is 19.8 Å². The van der Waals surface area contributed by atoms with Gasteiger partial charge in [0.1, 0.15) is 0 Å². The van der Waals surface area contributed by atoms with Gasteiger partial charge in [-0.3, -0.25) is 10.6 Å². The maximum atomic E-state index is 11.2. The summed E-state index contributed by atoms with van der Waals surface area (Å²) in [6.45, 7) is 0. The number of rotatable bonds is 4. The molecule has 108 valence electrons. The van der Waals surface area contributed by atoms with Crippen LogP contribution in [0.2, 0.25) is 0 Å². The highest BCUT2D eigenvalue weighted by Crippen LogP contribution is 2.27. The van der Waals surface area contributed by atoms with E-state index in [0.717, 1.165) is 0 Å². The Hall–Kier alpha value is -3.02. The molecule has 6 nitrogen and oxygen atoms in total. The summed E-state index contributed by atoms with van der Waals surface area (Å²) < 4.78 is 0. The molecule has 0 fully saturated rings. The second kappa shape index (κ2) is 5.96. The summed E-state index contributed by atoms with van der Waals surface area (Å²) in [5.74, 6) is 0. The van der Waals surface area contributed by atoms with E-state index in [4.69, 9.17) is 10.2 Å². The molecule has 0 unspecified atom stereocenters. The van der Waals surface area contributed by atoms with Gasteiger partial charge in [0.25, 0.3) is 0 Å². The van der Waals surface area contributed by atoms with Gasteiger partial charge in [0.15, 0.2) is 5.66 Å². The molecule has 0 spiro atoms. The van der Waals surface area contributed by atoms with Crippen LogP contribution < -0.4 is 10.6 Å². The molecular formula is C15H14N2O4. The minimum absolute atomic E-state index is 0.473. The summed E-state index contributed by atoms with van der Waals surface area (Å²) in [6, 6.07) is 17.0. The van der Waals surface area contributed by atoms with Crippen molar-refractivity contribution in [3.05, 3.63) is 71.8 Å². The van der Waals surface area contributed by atoms with Crippen LogP contribution in [0.5, 0.6) is 0 Å². The van der Waals surface area contributed by atoms with Crippen LogP contribution in [0.15, 0.2) is 60.7 Å². The maximum absolute atomic E-state index is 11.2. The second-order valence-electron chi connectivity index (χ2n) is 4.34. The largest absolute Gasteiger partial charge is 0.465 e. The first kappa shape index (κ1) is 14.4. The fraction of sp³-hybridized carbons (Fsp3) is 0.0667. The van der Waals surface area contributed by atoms with Crippen molar-refractivity contribution in [2.24, 2.45) is 0 Å². The monoisotopic (exact) mass is 286 g/mol. The van der Waals surface area contributed by atoms with E-state index in [2.05, 4.69) is 10.6 Å². The first-order valence-corrected chi connectivity index (χ1v) is 6.18. The quantitative estimate of drug-likeness (QED) is 0.649. The fourth-order valence-corrected chi connectivity index (χ4v) is 2.18. The number of hydrogen-bond acceptors (Lipinski definition) is 2. The zero-order valence-corrected chi connectivity index (χ0v) is 11.0. The Balaban J connectivity index is 2.64. The number of carbonyl (C=O) groups is 2. The number of carboxylic acid groups (broad SMARTS) is 2. The van der Waals surface area contributed by atoms with Gasteiger partial charge in [0.05, 0.1) is 0 Å². The molecule has 6 heteroatoms. The molecule has 0 aliphatic rings. The predicted molar refractivity (Wildman–Crippen MR) is 76.0 cm³/mol. The van der Waals surface area contributed by atoms with Crippen LogP contribution in [0.4, 0.5) is 9.59 Å². The van der Waals surface area contributed by atoms with E-state index < -0.39 is 17.8 Å². The highest BCUT2D eigenvalue weighted by atomic mass is 16.4. The van der Waals surface area contributed by atoms with Gasteiger partial charge in [0, 0.05) is 11.1 Å². The van der Waals surface area contributed by atoms with Gasteiger partial charge in [0.2, 0.25) is 0 Å². The van der Waals surface area contributed by atoms with Gasteiger partial charge in [-0.1, -0.05) is 60.7 Å². The summed E-state index contributed by atoms with van der Waals surface area (Å²) >= 11 is 0. The van der Waals surface area contributed by atoms with Crippen molar-refractivity contribution in [2.45, 2.75) is 5.66 Å². The lowest BCUT2D eigenvalue weighted by Gasteiger charge is -2.34. The van der Waals surface area contributed by atoms with Gasteiger partial charge in [-0.15, -0.1) is 0 Å². The first-order chi connectivity index (χ1) is 10.0. The highest BCUT2D eigenvalue weighted by molar-refractivity contribution is 5.72. The van der Waals surface area contributed by atoms with Crippen molar-refractivity contribution in [3.63, 3.8) is 0 Å². The zero-order valence-electron chi connectivity index (χ0n) is 11.0. The maximum Gasteiger partial charge on any atom is 0.407 e. The molecule has 2 amide bonds. The molecule has 21 heavy (non-hydrogen) atoms. The number of amides is 2. The van der Waals surface area contributed by atoms with Crippen LogP contribution in [0.1, 0.15) is 11.1 Å². The number of hydrogen-bond donors (Lipinski definition) is 4. The second-order valence-corrected chi connectivity index (χ2v) is 4.34. The van der Waals surface area contributed by atoms with Crippen molar-refractivity contribution in [2.75, 3.05) is 0 Å². The first-order valence-electron chi connectivity index (χ1n) is 6.18. The molecule has 0 bridgehead atoms. The Morgan fingerprint density at radius 2 is 1.05 bits per heavy atom. The summed E-state index contributed by atoms with van der Waals surface area (Å²) in [7, 11) is 0. The topological polar surface area (TPSA) is 98.7 Å². The van der Waals surface area contributed by atoms with Crippen LogP contribution >= 0.6 is 0 Å². The smallest absolute Gasteiger partial charge is 0.407 e. The molecule has 4 N–H and O–H groups in total. The summed E-state index contributed by atoms with van der Waals surface area (Å²) in [4.78, 5) is 22.4. The summed E-state index contributed by atoms with van der Waals surface area (Å²) in [5, 5.41) is 22.8. The molecule has 0 aliphatic heterocycles. The summed E-state index contributed by atoms with van der Waals surface area (Å²) in [5.41, 5.74) is -0.623. The SMILES string of the molecule is O=C(O)NC(NC(=O)O)(c1ccccc1)c1ccccc1.